The number of aryl methyl sites for hydroxylation is 2. The van der Waals surface area contributed by atoms with Gasteiger partial charge in [-0.05, 0) is 194 Å². The van der Waals surface area contributed by atoms with Gasteiger partial charge in [-0.15, -0.1) is 20.4 Å². The maximum Gasteiger partial charge on any atom is 0.496 e. The number of amides is 1. The van der Waals surface area contributed by atoms with Crippen LogP contribution in [0.15, 0.2) is 233 Å². The van der Waals surface area contributed by atoms with E-state index in [1.807, 2.05) is 231 Å². The van der Waals surface area contributed by atoms with Crippen molar-refractivity contribution in [2.75, 3.05) is 11.5 Å². The fourth-order valence-electron chi connectivity index (χ4n) is 13.0. The van der Waals surface area contributed by atoms with Crippen LogP contribution in [-0.2, 0) is 44.3 Å². The number of hydrogen-bond acceptors (Lipinski definition) is 21. The van der Waals surface area contributed by atoms with E-state index in [-0.39, 0.29) is 29.8 Å². The minimum Gasteiger partial charge on any atom is -0.478 e. The summed E-state index contributed by atoms with van der Waals surface area (Å²) in [5.41, 5.74) is 35.0. The van der Waals surface area contributed by atoms with Crippen molar-refractivity contribution in [2.45, 2.75) is 143 Å². The number of aromatic carboxylic acids is 1. The molecule has 8 aromatic carbocycles. The molecule has 16 aromatic rings. The van der Waals surface area contributed by atoms with Crippen LogP contribution in [0.4, 0.5) is 11.6 Å². The molecule has 127 heavy (non-hydrogen) atoms. The van der Waals surface area contributed by atoms with E-state index < -0.39 is 27.9 Å². The number of carbonyl (C=O) groups excluding carboxylic acids is 1. The van der Waals surface area contributed by atoms with Crippen molar-refractivity contribution in [2.24, 2.45) is 5.73 Å². The molecule has 27 nitrogen and oxygen atoms in total. The zero-order valence-electron chi connectivity index (χ0n) is 72.3. The number of halogens is 3. The molecule has 1 aliphatic rings. The second-order valence-corrected chi connectivity index (χ2v) is 35.8. The van der Waals surface area contributed by atoms with Gasteiger partial charge in [-0.1, -0.05) is 133 Å². The number of hydrogen-bond donors (Lipinski definition) is 5. The highest BCUT2D eigenvalue weighted by atomic mass is 79.9. The van der Waals surface area contributed by atoms with Gasteiger partial charge in [0, 0.05) is 98.9 Å². The standard InChI is InChI=1S/C25H21N7.C20H17BrN4O.C19H14BrN5.C12H19BN2O2.C11H11NO2.C9H8BrN3/c1-15-11-18(13-29-23(15)26)17-7-10-20-21(12-17)32-22(14-28-20)30-31-24(32)16-5-8-19(9-6-16)25(2,3)27-4;1-20(2,12-22)14-5-3-13(4-6-14)19(26)24-11-16-10-23-17-8-7-15(21)9-18(17)25-16;1-19(2,21-3)13-6-4-12(5-7-13)18-24-23-17-11-22-15-9-8-14(20)10-16(15)25(17)18;1-8-6-9(7-15-10(8)14)13-16-11(2,3)12(4,5)17-13;1-11(2,7-12)9-5-3-8(4-6-9)10(13)14;10-6-1-2-8-9(3-6)13-7(4-11)5-12-8/h5-14H,1-3H3,(H2,26,29);3-10H,11H2,1-2H3,(H,24,26);4-11H,1-2H3;6-7H,1-5H3,(H2,14,15);3-6H,1-2H3,(H,13,14);1-3,5H,4,11H2. The van der Waals surface area contributed by atoms with Gasteiger partial charge in [0.15, 0.2) is 22.9 Å². The van der Waals surface area contributed by atoms with Crippen LogP contribution in [0.2, 0.25) is 0 Å². The lowest BCUT2D eigenvalue weighted by Crippen LogP contribution is -2.41. The lowest BCUT2D eigenvalue weighted by atomic mass is 9.80. The third-order valence-electron chi connectivity index (χ3n) is 21.8. The van der Waals surface area contributed by atoms with Crippen LogP contribution in [0, 0.1) is 49.7 Å². The van der Waals surface area contributed by atoms with Gasteiger partial charge in [0.2, 0.25) is 0 Å². The van der Waals surface area contributed by atoms with E-state index in [2.05, 4.69) is 141 Å². The molecule has 1 amide bonds. The highest BCUT2D eigenvalue weighted by Crippen LogP contribution is 2.38. The molecule has 17 rings (SSSR count). The lowest BCUT2D eigenvalue weighted by molar-refractivity contribution is 0.00578. The van der Waals surface area contributed by atoms with Crippen molar-refractivity contribution in [3.8, 4) is 46.0 Å². The number of carboxylic acids is 1. The first-order valence-electron chi connectivity index (χ1n) is 40.1. The van der Waals surface area contributed by atoms with Gasteiger partial charge < -0.3 is 46.6 Å². The Labute approximate surface area is 760 Å². The number of aromatic nitrogens is 14. The summed E-state index contributed by atoms with van der Waals surface area (Å²) in [5, 5.41) is 46.9. The summed E-state index contributed by atoms with van der Waals surface area (Å²) in [5.74, 6) is 1.42. The monoisotopic (exact) mass is 1880 g/mol. The second kappa shape index (κ2) is 38.4. The maximum absolute atomic E-state index is 12.3. The molecule has 0 bridgehead atoms. The van der Waals surface area contributed by atoms with Crippen molar-refractivity contribution in [3.63, 3.8) is 0 Å². The van der Waals surface area contributed by atoms with E-state index in [0.717, 1.165) is 136 Å². The molecule has 8 aromatic heterocycles. The molecule has 31 heteroatoms. The number of benzene rings is 8. The minimum absolute atomic E-state index is 0.192. The van der Waals surface area contributed by atoms with Gasteiger partial charge in [-0.3, -0.25) is 33.5 Å². The van der Waals surface area contributed by atoms with Gasteiger partial charge in [0.25, 0.3) is 17.0 Å². The van der Waals surface area contributed by atoms with E-state index in [9.17, 15) is 14.9 Å². The predicted octanol–water partition coefficient (Wildman–Crippen LogP) is 19.3. The summed E-state index contributed by atoms with van der Waals surface area (Å²) in [7, 11) is -0.369. The number of nitrogen functional groups attached to an aromatic ring is 2. The number of nitrogens with one attached hydrogen (secondary N) is 1. The number of pyridine rings is 2. The Kier molecular flexibility index (Phi) is 27.9. The number of rotatable bonds is 13. The first kappa shape index (κ1) is 92.4. The lowest BCUT2D eigenvalue weighted by Gasteiger charge is -2.32. The van der Waals surface area contributed by atoms with Crippen LogP contribution >= 0.6 is 47.8 Å². The Morgan fingerprint density at radius 2 is 0.882 bits per heavy atom. The topological polar surface area (TPSA) is 383 Å². The summed E-state index contributed by atoms with van der Waals surface area (Å²) in [4.78, 5) is 65.2. The molecule has 9 heterocycles. The SMILES string of the molecule is CC(C)(C#N)c1ccc(C(=O)NCc2cnc3ccc(Br)cc3n2)cc1.CC(C)(C#N)c1ccc(C(=O)O)cc1.Cc1cc(B2OC(C)(C)C(C)(C)O2)cnc1N.NCc1cnc2ccc(Br)cc2n1.[C-]#[N+]C(C)(C)c1ccc(-c2nnc3cnc4ccc(-c5cnc(N)c(C)c5)cc4n23)cc1.[C-]#[N+]C(C)(C)c1ccc(-c2nnc3cnc4ccc(Br)cc4n23)cc1. The molecule has 8 N–H and O–H groups in total. The maximum atomic E-state index is 12.3. The number of carboxylic acid groups (broad SMARTS) is 1. The van der Waals surface area contributed by atoms with Crippen LogP contribution in [0.3, 0.4) is 0 Å². The van der Waals surface area contributed by atoms with Crippen molar-refractivity contribution in [3.05, 3.63) is 311 Å². The quantitative estimate of drug-likeness (QED) is 0.0528. The molecule has 0 unspecified atom stereocenters. The van der Waals surface area contributed by atoms with E-state index >= 15 is 0 Å². The van der Waals surface area contributed by atoms with Crippen LogP contribution in [0.5, 0.6) is 0 Å². The average Bonchev–Trinajstić information content (AvgIpc) is 1.66. The van der Waals surface area contributed by atoms with E-state index in [1.165, 1.54) is 12.1 Å². The molecular formula is C96H90BBr3N22O5. The third-order valence-corrected chi connectivity index (χ3v) is 23.3. The molecule has 0 spiro atoms. The summed E-state index contributed by atoms with van der Waals surface area (Å²) in [6.07, 6.45) is 10.3. The molecular weight excluding hydrogens is 1790 g/mol. The largest absolute Gasteiger partial charge is 0.496 e. The second-order valence-electron chi connectivity index (χ2n) is 33.1. The van der Waals surface area contributed by atoms with E-state index in [0.29, 0.717) is 47.3 Å². The van der Waals surface area contributed by atoms with E-state index in [1.54, 1.807) is 75.3 Å². The zero-order valence-corrected chi connectivity index (χ0v) is 77.0. The average molecular weight is 1880 g/mol. The fourth-order valence-corrected chi connectivity index (χ4v) is 14.0. The Bertz CT molecular complexity index is 6980. The number of nitriles is 2. The molecule has 0 atom stereocenters. The molecule has 0 aliphatic carbocycles. The molecule has 1 aliphatic heterocycles. The fraction of sp³-hybridized carbons (Fsp3) is 0.229. The first-order chi connectivity index (χ1) is 60.2. The summed E-state index contributed by atoms with van der Waals surface area (Å²) >= 11 is 10.3. The number of carbonyl (C=O) groups is 2. The smallest absolute Gasteiger partial charge is 0.478 e. The van der Waals surface area contributed by atoms with Gasteiger partial charge in [0.05, 0.1) is 127 Å². The van der Waals surface area contributed by atoms with Crippen molar-refractivity contribution < 1.29 is 24.0 Å². The summed E-state index contributed by atoms with van der Waals surface area (Å²) in [6.45, 7) is 42.4. The van der Waals surface area contributed by atoms with Crippen LogP contribution in [0.1, 0.15) is 149 Å². The normalized spacial score (nSPS) is 12.7. The van der Waals surface area contributed by atoms with Gasteiger partial charge in [0.1, 0.15) is 11.6 Å². The highest BCUT2D eigenvalue weighted by Gasteiger charge is 2.52. The summed E-state index contributed by atoms with van der Waals surface area (Å²) in [6, 6.07) is 61.2. The highest BCUT2D eigenvalue weighted by molar-refractivity contribution is 9.11. The molecule has 0 saturated carbocycles. The van der Waals surface area contributed by atoms with Crippen molar-refractivity contribution in [1.29, 1.82) is 10.5 Å². The Hall–Kier alpha value is -13.8. The molecule has 638 valence electrons. The molecule has 1 saturated heterocycles. The minimum atomic E-state index is -0.952. The Morgan fingerprint density at radius 1 is 0.480 bits per heavy atom. The van der Waals surface area contributed by atoms with Gasteiger partial charge in [-0.25, -0.2) is 37.9 Å². The van der Waals surface area contributed by atoms with Crippen LogP contribution < -0.4 is 28.0 Å². The predicted molar refractivity (Wildman–Crippen MR) is 507 cm³/mol. The number of anilines is 2. The van der Waals surface area contributed by atoms with Crippen molar-refractivity contribution >= 4 is 139 Å². The zero-order chi connectivity index (χ0) is 91.7. The third kappa shape index (κ3) is 21.4. The Balaban J connectivity index is 0.000000142. The number of nitrogens with zero attached hydrogens (tertiary/aromatic N) is 18. The summed E-state index contributed by atoms with van der Waals surface area (Å²) < 4.78 is 18.8. The Morgan fingerprint density at radius 3 is 1.33 bits per heavy atom. The molecule has 1 fully saturated rings. The molecule has 0 radical (unpaired) electrons. The van der Waals surface area contributed by atoms with Crippen LogP contribution in [-0.4, -0.2) is 104 Å². The van der Waals surface area contributed by atoms with Crippen LogP contribution in [0.25, 0.3) is 99.0 Å². The van der Waals surface area contributed by atoms with Gasteiger partial charge >= 0.3 is 13.1 Å². The van der Waals surface area contributed by atoms with E-state index in [4.69, 9.17) is 50.0 Å². The van der Waals surface area contributed by atoms with Crippen molar-refractivity contribution in [1.82, 2.24) is 74.4 Å². The number of fused-ring (bicyclic) bond motifs is 8. The number of nitrogens with two attached hydrogens (primary N) is 3. The first-order valence-corrected chi connectivity index (χ1v) is 42.4. The van der Waals surface area contributed by atoms with Gasteiger partial charge in [-0.2, -0.15) is 10.5 Å².